The molecule has 0 unspecified atom stereocenters. The smallest absolute Gasteiger partial charge is 0.239 e. The zero-order valence-electron chi connectivity index (χ0n) is 9.16. The quantitative estimate of drug-likeness (QED) is 0.888. The van der Waals surface area contributed by atoms with E-state index in [4.69, 9.17) is 5.73 Å². The van der Waals surface area contributed by atoms with Crippen molar-refractivity contribution in [1.82, 2.24) is 15.2 Å². The summed E-state index contributed by atoms with van der Waals surface area (Å²) in [7, 11) is 0. The highest BCUT2D eigenvalue weighted by molar-refractivity contribution is 9.10. The van der Waals surface area contributed by atoms with Crippen molar-refractivity contribution in [2.24, 2.45) is 0 Å². The number of anilines is 1. The van der Waals surface area contributed by atoms with E-state index in [-0.39, 0.29) is 11.4 Å². The first-order valence-electron chi connectivity index (χ1n) is 4.94. The van der Waals surface area contributed by atoms with E-state index in [1.54, 1.807) is 0 Å². The molecule has 0 aliphatic heterocycles. The number of nitrogens with one attached hydrogen (secondary N) is 1. The van der Waals surface area contributed by atoms with Gasteiger partial charge in [-0.2, -0.15) is 4.98 Å². The molecule has 16 heavy (non-hydrogen) atoms. The Labute approximate surface area is 102 Å². The first-order valence-corrected chi connectivity index (χ1v) is 5.74. The van der Waals surface area contributed by atoms with Gasteiger partial charge in [-0.25, -0.2) is 0 Å². The topological polar surface area (TPSA) is 67.6 Å². The monoisotopic (exact) mass is 280 g/mol. The van der Waals surface area contributed by atoms with Gasteiger partial charge in [-0.15, -0.1) is 5.10 Å². The number of aromatic nitrogens is 3. The lowest BCUT2D eigenvalue weighted by atomic mass is 9.84. The maximum Gasteiger partial charge on any atom is 0.239 e. The van der Waals surface area contributed by atoms with Crippen LogP contribution in [0.15, 0.2) is 28.7 Å². The van der Waals surface area contributed by atoms with Gasteiger partial charge in [0.15, 0.2) is 0 Å². The average Bonchev–Trinajstić information content (AvgIpc) is 2.66. The van der Waals surface area contributed by atoms with Crippen LogP contribution >= 0.6 is 15.9 Å². The largest absolute Gasteiger partial charge is 0.367 e. The van der Waals surface area contributed by atoms with Gasteiger partial charge in [0.2, 0.25) is 5.95 Å². The van der Waals surface area contributed by atoms with Gasteiger partial charge < -0.3 is 5.73 Å². The van der Waals surface area contributed by atoms with Gasteiger partial charge in [-0.3, -0.25) is 5.10 Å². The van der Waals surface area contributed by atoms with Crippen LogP contribution in [0.3, 0.4) is 0 Å². The lowest BCUT2D eigenvalue weighted by molar-refractivity contribution is 0.593. The third-order valence-electron chi connectivity index (χ3n) is 2.66. The normalized spacial score (nSPS) is 11.7. The predicted octanol–water partition coefficient (Wildman–Crippen LogP) is 2.48. The van der Waals surface area contributed by atoms with Crippen LogP contribution in [-0.2, 0) is 5.41 Å². The fourth-order valence-electron chi connectivity index (χ4n) is 1.56. The summed E-state index contributed by atoms with van der Waals surface area (Å²) < 4.78 is 1.06. The number of benzene rings is 1. The van der Waals surface area contributed by atoms with Gasteiger partial charge in [0, 0.05) is 9.89 Å². The van der Waals surface area contributed by atoms with E-state index in [0.717, 1.165) is 15.9 Å². The molecule has 5 heteroatoms. The van der Waals surface area contributed by atoms with Crippen molar-refractivity contribution in [2.45, 2.75) is 19.3 Å². The summed E-state index contributed by atoms with van der Waals surface area (Å²) in [5.74, 6) is 1.05. The summed E-state index contributed by atoms with van der Waals surface area (Å²) in [6.45, 7) is 4.16. The molecule has 84 valence electrons. The molecule has 0 amide bonds. The summed E-state index contributed by atoms with van der Waals surface area (Å²) in [4.78, 5) is 4.18. The first kappa shape index (κ1) is 11.1. The minimum absolute atomic E-state index is 0.231. The molecule has 3 N–H and O–H groups in total. The second-order valence-electron chi connectivity index (χ2n) is 4.17. The Balaban J connectivity index is 2.42. The van der Waals surface area contributed by atoms with Gasteiger partial charge in [-0.1, -0.05) is 28.1 Å². The van der Waals surface area contributed by atoms with Crippen LogP contribution in [0.1, 0.15) is 25.2 Å². The van der Waals surface area contributed by atoms with Crippen molar-refractivity contribution in [1.29, 1.82) is 0 Å². The Morgan fingerprint density at radius 1 is 1.25 bits per heavy atom. The third-order valence-corrected chi connectivity index (χ3v) is 3.19. The van der Waals surface area contributed by atoms with Crippen molar-refractivity contribution in [2.75, 3.05) is 5.73 Å². The molecule has 0 fully saturated rings. The van der Waals surface area contributed by atoms with Crippen molar-refractivity contribution in [3.63, 3.8) is 0 Å². The Morgan fingerprint density at radius 2 is 1.88 bits per heavy atom. The van der Waals surface area contributed by atoms with Gasteiger partial charge in [-0.05, 0) is 31.5 Å². The third kappa shape index (κ3) is 1.95. The fraction of sp³-hybridized carbons (Fsp3) is 0.273. The van der Waals surface area contributed by atoms with Crippen LogP contribution in [0, 0.1) is 0 Å². The molecule has 2 aromatic rings. The second kappa shape index (κ2) is 3.90. The zero-order chi connectivity index (χ0) is 11.8. The van der Waals surface area contributed by atoms with Gasteiger partial charge in [0.1, 0.15) is 5.82 Å². The average molecular weight is 281 g/mol. The van der Waals surface area contributed by atoms with Crippen molar-refractivity contribution in [3.8, 4) is 0 Å². The molecular formula is C11H13BrN4. The molecule has 0 aliphatic carbocycles. The minimum atomic E-state index is -0.231. The summed E-state index contributed by atoms with van der Waals surface area (Å²) >= 11 is 3.42. The van der Waals surface area contributed by atoms with E-state index < -0.39 is 0 Å². The van der Waals surface area contributed by atoms with Crippen LogP contribution in [0.4, 0.5) is 5.95 Å². The number of hydrogen-bond donors (Lipinski definition) is 2. The van der Waals surface area contributed by atoms with Gasteiger partial charge in [0.25, 0.3) is 0 Å². The number of H-pyrrole nitrogens is 1. The Kier molecular flexibility index (Phi) is 2.71. The maximum atomic E-state index is 5.52. The van der Waals surface area contributed by atoms with E-state index >= 15 is 0 Å². The molecule has 1 aromatic carbocycles. The first-order chi connectivity index (χ1) is 7.50. The van der Waals surface area contributed by atoms with Crippen LogP contribution in [0.2, 0.25) is 0 Å². The Morgan fingerprint density at radius 3 is 2.38 bits per heavy atom. The Hall–Kier alpha value is -1.36. The van der Waals surface area contributed by atoms with E-state index in [1.165, 1.54) is 0 Å². The lowest BCUT2D eigenvalue weighted by Crippen LogP contribution is -2.20. The molecule has 0 spiro atoms. The summed E-state index contributed by atoms with van der Waals surface area (Å²) in [5.41, 5.74) is 6.44. The summed E-state index contributed by atoms with van der Waals surface area (Å²) in [5, 5.41) is 6.72. The molecule has 0 atom stereocenters. The van der Waals surface area contributed by atoms with Crippen LogP contribution in [0.25, 0.3) is 0 Å². The van der Waals surface area contributed by atoms with Crippen LogP contribution in [0.5, 0.6) is 0 Å². The van der Waals surface area contributed by atoms with Gasteiger partial charge in [0.05, 0.1) is 0 Å². The zero-order valence-corrected chi connectivity index (χ0v) is 10.7. The number of halogens is 1. The number of nitrogen functional groups attached to an aromatic ring is 1. The summed E-state index contributed by atoms with van der Waals surface area (Å²) in [6, 6.07) is 8.14. The summed E-state index contributed by atoms with van der Waals surface area (Å²) in [6.07, 6.45) is 0. The molecule has 0 aliphatic rings. The molecule has 0 saturated heterocycles. The van der Waals surface area contributed by atoms with E-state index in [9.17, 15) is 0 Å². The molecule has 1 heterocycles. The molecule has 0 saturated carbocycles. The van der Waals surface area contributed by atoms with Crippen LogP contribution < -0.4 is 5.73 Å². The molecule has 0 bridgehead atoms. The number of hydrogen-bond acceptors (Lipinski definition) is 3. The molecular weight excluding hydrogens is 268 g/mol. The number of aromatic amines is 1. The van der Waals surface area contributed by atoms with E-state index in [0.29, 0.717) is 0 Å². The Bertz CT molecular complexity index is 487. The second-order valence-corrected chi connectivity index (χ2v) is 5.09. The molecule has 4 nitrogen and oxygen atoms in total. The number of rotatable bonds is 2. The van der Waals surface area contributed by atoms with Gasteiger partial charge >= 0.3 is 0 Å². The SMILES string of the molecule is CC(C)(c1ccc(Br)cc1)c1nc(N)n[nH]1. The van der Waals surface area contributed by atoms with Crippen LogP contribution in [-0.4, -0.2) is 15.2 Å². The molecule has 0 radical (unpaired) electrons. The predicted molar refractivity (Wildman–Crippen MR) is 67.1 cm³/mol. The molecule has 1 aromatic heterocycles. The lowest BCUT2D eigenvalue weighted by Gasteiger charge is -2.22. The molecule has 2 rings (SSSR count). The minimum Gasteiger partial charge on any atom is -0.367 e. The number of nitrogens with zero attached hydrogens (tertiary/aromatic N) is 2. The van der Waals surface area contributed by atoms with E-state index in [1.807, 2.05) is 12.1 Å². The highest BCUT2D eigenvalue weighted by atomic mass is 79.9. The fourth-order valence-corrected chi connectivity index (χ4v) is 1.82. The van der Waals surface area contributed by atoms with Crippen molar-refractivity contribution in [3.05, 3.63) is 40.1 Å². The standard InChI is InChI=1S/C11H13BrN4/c1-11(2,9-14-10(13)16-15-9)7-3-5-8(12)6-4-7/h3-6H,1-2H3,(H3,13,14,15,16). The highest BCUT2D eigenvalue weighted by Crippen LogP contribution is 2.29. The van der Waals surface area contributed by atoms with Crippen molar-refractivity contribution < 1.29 is 0 Å². The van der Waals surface area contributed by atoms with E-state index in [2.05, 4.69) is 57.1 Å². The highest BCUT2D eigenvalue weighted by Gasteiger charge is 2.26. The number of nitrogens with two attached hydrogens (primary N) is 1. The maximum absolute atomic E-state index is 5.52. The van der Waals surface area contributed by atoms with Crippen molar-refractivity contribution >= 4 is 21.9 Å².